The number of amides is 1. The van der Waals surface area contributed by atoms with Crippen molar-refractivity contribution < 1.29 is 9.53 Å². The Hall–Kier alpha value is -3.10. The molecule has 0 saturated carbocycles. The summed E-state index contributed by atoms with van der Waals surface area (Å²) < 4.78 is 8.42. The Kier molecular flexibility index (Phi) is 10.4. The van der Waals surface area contributed by atoms with Gasteiger partial charge in [0.05, 0.1) is 16.3 Å². The predicted molar refractivity (Wildman–Crippen MR) is 178 cm³/mol. The Morgan fingerprint density at radius 2 is 1.74 bits per heavy atom. The lowest BCUT2D eigenvalue weighted by atomic mass is 10.1. The summed E-state index contributed by atoms with van der Waals surface area (Å²) in [6, 6.07) is 23.0. The van der Waals surface area contributed by atoms with Crippen molar-refractivity contribution in [3.8, 4) is 22.7 Å². The minimum atomic E-state index is -0.0384. The average Bonchev–Trinajstić information content (AvgIpc) is 3.53. The zero-order valence-electron chi connectivity index (χ0n) is 23.3. The number of hydrogen-bond donors (Lipinski definition) is 0. The van der Waals surface area contributed by atoms with Gasteiger partial charge in [-0.2, -0.15) is 5.10 Å². The third kappa shape index (κ3) is 7.45. The van der Waals surface area contributed by atoms with E-state index in [4.69, 9.17) is 45.3 Å². The Morgan fingerprint density at radius 3 is 2.48 bits per heavy atom. The molecule has 1 aliphatic rings. The molecule has 1 amide bonds. The highest BCUT2D eigenvalue weighted by molar-refractivity contribution is 8.26. The van der Waals surface area contributed by atoms with Gasteiger partial charge in [0.1, 0.15) is 16.7 Å². The molecule has 0 spiro atoms. The van der Waals surface area contributed by atoms with Crippen LogP contribution in [0, 0.1) is 0 Å². The standard InChI is InChI=1S/C33H31Cl2N3O2S2/c1-2-3-4-5-9-18-37-32(39)30(42-33(37)41)19-25-21-38(27-10-7-6-8-11-27)36-31(25)23-13-16-28(17-14-23)40-22-24-12-15-26(34)20-29(24)35/h6-8,10-17,19-21H,2-5,9,18,22H2,1H3/b30-19-. The molecule has 9 heteroatoms. The first-order chi connectivity index (χ1) is 20.4. The number of aromatic nitrogens is 2. The van der Waals surface area contributed by atoms with Crippen LogP contribution in [0.3, 0.4) is 0 Å². The third-order valence-electron chi connectivity index (χ3n) is 6.95. The van der Waals surface area contributed by atoms with E-state index in [0.717, 1.165) is 40.9 Å². The first kappa shape index (κ1) is 30.4. The number of ether oxygens (including phenoxy) is 1. The van der Waals surface area contributed by atoms with Gasteiger partial charge in [-0.15, -0.1) is 0 Å². The van der Waals surface area contributed by atoms with Crippen molar-refractivity contribution in [2.24, 2.45) is 0 Å². The molecule has 1 aromatic heterocycles. The van der Waals surface area contributed by atoms with E-state index in [2.05, 4.69) is 6.92 Å². The summed E-state index contributed by atoms with van der Waals surface area (Å²) in [5.41, 5.74) is 4.28. The molecule has 0 unspecified atom stereocenters. The molecule has 5 nitrogen and oxygen atoms in total. The normalized spacial score (nSPS) is 14.3. The molecule has 0 bridgehead atoms. The van der Waals surface area contributed by atoms with Crippen molar-refractivity contribution in [2.45, 2.75) is 45.6 Å². The molecule has 1 aliphatic heterocycles. The van der Waals surface area contributed by atoms with Gasteiger partial charge in [-0.25, -0.2) is 4.68 Å². The summed E-state index contributed by atoms with van der Waals surface area (Å²) in [6.07, 6.45) is 9.51. The summed E-state index contributed by atoms with van der Waals surface area (Å²) in [7, 11) is 0. The summed E-state index contributed by atoms with van der Waals surface area (Å²) in [6.45, 7) is 3.18. The molecule has 0 aliphatic carbocycles. The molecule has 42 heavy (non-hydrogen) atoms. The second-order valence-electron chi connectivity index (χ2n) is 10.0. The van der Waals surface area contributed by atoms with Crippen molar-refractivity contribution in [3.05, 3.63) is 105 Å². The highest BCUT2D eigenvalue weighted by Crippen LogP contribution is 2.35. The number of thioether (sulfide) groups is 1. The van der Waals surface area contributed by atoms with Crippen LogP contribution in [0.4, 0.5) is 0 Å². The van der Waals surface area contributed by atoms with Crippen molar-refractivity contribution >= 4 is 63.5 Å². The van der Waals surface area contributed by atoms with Gasteiger partial charge in [0.2, 0.25) is 0 Å². The molecule has 2 heterocycles. The molecular formula is C33H31Cl2N3O2S2. The number of hydrogen-bond acceptors (Lipinski definition) is 5. The van der Waals surface area contributed by atoms with Crippen molar-refractivity contribution in [1.82, 2.24) is 14.7 Å². The van der Waals surface area contributed by atoms with Gasteiger partial charge in [0.25, 0.3) is 5.91 Å². The van der Waals surface area contributed by atoms with E-state index in [0.29, 0.717) is 38.2 Å². The van der Waals surface area contributed by atoms with Crippen LogP contribution in [0.25, 0.3) is 23.0 Å². The number of benzene rings is 3. The Labute approximate surface area is 266 Å². The van der Waals surface area contributed by atoms with Crippen LogP contribution in [0.15, 0.2) is 83.9 Å². The second kappa shape index (κ2) is 14.4. The van der Waals surface area contributed by atoms with E-state index in [1.165, 1.54) is 31.0 Å². The quantitative estimate of drug-likeness (QED) is 0.0881. The lowest BCUT2D eigenvalue weighted by Gasteiger charge is -2.13. The molecule has 216 valence electrons. The number of unbranched alkanes of at least 4 members (excludes halogenated alkanes) is 4. The Bertz CT molecular complexity index is 1590. The van der Waals surface area contributed by atoms with E-state index in [1.54, 1.807) is 17.0 Å². The zero-order valence-corrected chi connectivity index (χ0v) is 26.4. The molecule has 1 saturated heterocycles. The molecule has 4 aromatic rings. The topological polar surface area (TPSA) is 47.4 Å². The Morgan fingerprint density at radius 1 is 0.976 bits per heavy atom. The lowest BCUT2D eigenvalue weighted by Crippen LogP contribution is -2.29. The van der Waals surface area contributed by atoms with E-state index in [9.17, 15) is 4.79 Å². The number of halogens is 2. The Balaban J connectivity index is 1.37. The minimum absolute atomic E-state index is 0.0384. The highest BCUT2D eigenvalue weighted by Gasteiger charge is 2.32. The van der Waals surface area contributed by atoms with Gasteiger partial charge in [0, 0.05) is 39.5 Å². The van der Waals surface area contributed by atoms with Crippen molar-refractivity contribution in [3.63, 3.8) is 0 Å². The number of para-hydroxylation sites is 1. The maximum Gasteiger partial charge on any atom is 0.266 e. The second-order valence-corrected chi connectivity index (χ2v) is 12.5. The minimum Gasteiger partial charge on any atom is -0.489 e. The lowest BCUT2D eigenvalue weighted by molar-refractivity contribution is -0.122. The fraction of sp³-hybridized carbons (Fsp3) is 0.242. The van der Waals surface area contributed by atoms with Crippen LogP contribution in [0.5, 0.6) is 5.75 Å². The van der Waals surface area contributed by atoms with Gasteiger partial charge >= 0.3 is 0 Å². The van der Waals surface area contributed by atoms with Crippen LogP contribution in [-0.4, -0.2) is 31.5 Å². The van der Waals surface area contributed by atoms with Crippen LogP contribution < -0.4 is 4.74 Å². The summed E-state index contributed by atoms with van der Waals surface area (Å²) >= 11 is 19.2. The van der Waals surface area contributed by atoms with Gasteiger partial charge in [0.15, 0.2) is 0 Å². The SMILES string of the molecule is CCCCCCCN1C(=O)/C(=C/c2cn(-c3ccccc3)nc2-c2ccc(OCc3ccc(Cl)cc3Cl)cc2)SC1=S. The number of thiocarbonyl (C=S) groups is 1. The largest absolute Gasteiger partial charge is 0.489 e. The molecule has 0 radical (unpaired) electrons. The van der Waals surface area contributed by atoms with Crippen LogP contribution in [0.2, 0.25) is 10.0 Å². The van der Waals surface area contributed by atoms with Gasteiger partial charge in [-0.05, 0) is 61.0 Å². The smallest absolute Gasteiger partial charge is 0.266 e. The van der Waals surface area contributed by atoms with Crippen molar-refractivity contribution in [2.75, 3.05) is 6.54 Å². The molecule has 3 aromatic carbocycles. The maximum absolute atomic E-state index is 13.3. The van der Waals surface area contributed by atoms with Crippen LogP contribution >= 0.6 is 47.2 Å². The maximum atomic E-state index is 13.3. The van der Waals surface area contributed by atoms with Crippen molar-refractivity contribution in [1.29, 1.82) is 0 Å². The number of carbonyl (C=O) groups is 1. The van der Waals surface area contributed by atoms with E-state index < -0.39 is 0 Å². The van der Waals surface area contributed by atoms with Gasteiger partial charge in [-0.3, -0.25) is 9.69 Å². The highest BCUT2D eigenvalue weighted by atomic mass is 35.5. The van der Waals surface area contributed by atoms with Gasteiger partial charge < -0.3 is 4.74 Å². The monoisotopic (exact) mass is 635 g/mol. The molecule has 5 rings (SSSR count). The molecule has 0 N–H and O–H groups in total. The fourth-order valence-electron chi connectivity index (χ4n) is 4.65. The molecular weight excluding hydrogens is 605 g/mol. The predicted octanol–water partition coefficient (Wildman–Crippen LogP) is 9.60. The van der Waals surface area contributed by atoms with Crippen LogP contribution in [-0.2, 0) is 11.4 Å². The summed E-state index contributed by atoms with van der Waals surface area (Å²) in [5.74, 6) is 0.664. The summed E-state index contributed by atoms with van der Waals surface area (Å²) in [5, 5.41) is 6.06. The first-order valence-electron chi connectivity index (χ1n) is 14.0. The number of nitrogens with zero attached hydrogens (tertiary/aromatic N) is 3. The average molecular weight is 637 g/mol. The van der Waals surface area contributed by atoms with E-state index >= 15 is 0 Å². The number of carbonyl (C=O) groups excluding carboxylic acids is 1. The van der Waals surface area contributed by atoms with Gasteiger partial charge in [-0.1, -0.05) is 104 Å². The first-order valence-corrected chi connectivity index (χ1v) is 16.0. The van der Waals surface area contributed by atoms with E-state index in [1.807, 2.05) is 77.6 Å². The molecule has 1 fully saturated rings. The third-order valence-corrected chi connectivity index (χ3v) is 8.91. The van der Waals surface area contributed by atoms with Crippen LogP contribution in [0.1, 0.15) is 50.2 Å². The molecule has 0 atom stereocenters. The number of rotatable bonds is 12. The fourth-order valence-corrected chi connectivity index (χ4v) is 6.41. The zero-order chi connectivity index (χ0) is 29.5. The summed E-state index contributed by atoms with van der Waals surface area (Å²) in [4.78, 5) is 15.7. The van der Waals surface area contributed by atoms with E-state index in [-0.39, 0.29) is 5.91 Å².